The van der Waals surface area contributed by atoms with Crippen molar-refractivity contribution in [2.24, 2.45) is 0 Å². The summed E-state index contributed by atoms with van der Waals surface area (Å²) in [5.41, 5.74) is 0. The summed E-state index contributed by atoms with van der Waals surface area (Å²) in [6, 6.07) is 0. The Kier molecular flexibility index (Phi) is 1.30. The van der Waals surface area contributed by atoms with Gasteiger partial charge < -0.3 is 0 Å². The van der Waals surface area contributed by atoms with Gasteiger partial charge in [-0.05, 0) is 0 Å². The average molecular weight is 104 g/mol. The molecule has 0 spiro atoms. The molecule has 0 atom stereocenters. The fraction of sp³-hybridized carbons (Fsp3) is 0. The molecule has 0 bridgehead atoms. The summed E-state index contributed by atoms with van der Waals surface area (Å²) in [4.78, 5) is 7.72. The van der Waals surface area contributed by atoms with Crippen LogP contribution in [-0.2, 0) is 15.7 Å². The van der Waals surface area contributed by atoms with Crippen molar-refractivity contribution in [3.05, 3.63) is 0 Å². The van der Waals surface area contributed by atoms with Gasteiger partial charge in [0.05, 0.1) is 0 Å². The molecule has 0 aliphatic heterocycles. The van der Waals surface area contributed by atoms with E-state index in [9.17, 15) is 0 Å². The Morgan fingerprint density at radius 1 is 2.00 bits per heavy atom. The summed E-state index contributed by atoms with van der Waals surface area (Å²) in [5.74, 6) is 0. The number of rotatable bonds is 0. The molecule has 1 N–H and O–H groups in total. The van der Waals surface area contributed by atoms with Gasteiger partial charge in [-0.15, -0.1) is 0 Å². The zero-order chi connectivity index (χ0) is 3.58. The number of hydrogen-bond acceptors (Lipinski definition) is 1. The summed E-state index contributed by atoms with van der Waals surface area (Å²) >= 11 is 2.92. The minimum absolute atomic E-state index is 1.15. The number of carboxylic acid groups (broad SMARTS) is 1. The second-order valence-corrected chi connectivity index (χ2v) is 0.679. The van der Waals surface area contributed by atoms with Crippen molar-refractivity contribution >= 4 is 4.90 Å². The van der Waals surface area contributed by atoms with Crippen LogP contribution in [0.1, 0.15) is 0 Å². The van der Waals surface area contributed by atoms with Crippen molar-refractivity contribution in [2.45, 2.75) is 0 Å². The predicted octanol–water partition coefficient (Wildman–Crippen LogP) is 0.211. The van der Waals surface area contributed by atoms with Gasteiger partial charge in [0.25, 0.3) is 0 Å². The molecule has 26 valence electrons. The molecule has 3 heteroatoms. The molecule has 0 saturated carbocycles. The van der Waals surface area contributed by atoms with Crippen molar-refractivity contribution < 1.29 is 25.6 Å². The summed E-state index contributed by atoms with van der Waals surface area (Å²) in [6.45, 7) is 0. The zero-order valence-electron chi connectivity index (χ0n) is 1.69. The summed E-state index contributed by atoms with van der Waals surface area (Å²) in [7, 11) is 0. The predicted molar refractivity (Wildman–Crippen MR) is 8.02 cm³/mol. The van der Waals surface area contributed by atoms with E-state index in [2.05, 4.69) is 15.7 Å². The van der Waals surface area contributed by atoms with Gasteiger partial charge in [-0.25, -0.2) is 0 Å². The summed E-state index contributed by atoms with van der Waals surface area (Å²) in [5, 5.41) is 7.28. The van der Waals surface area contributed by atoms with Crippen LogP contribution in [0.25, 0.3) is 0 Å². The Morgan fingerprint density at radius 3 is 2.00 bits per heavy atom. The van der Waals surface area contributed by atoms with E-state index in [-0.39, 0.29) is 0 Å². The van der Waals surface area contributed by atoms with E-state index in [1.54, 1.807) is 0 Å². The second-order valence-electron chi connectivity index (χ2n) is 0.234. The van der Waals surface area contributed by atoms with Gasteiger partial charge in [0.2, 0.25) is 0 Å². The van der Waals surface area contributed by atoms with E-state index in [1.807, 2.05) is 0 Å². The van der Waals surface area contributed by atoms with E-state index < -0.39 is 4.90 Å². The third kappa shape index (κ3) is 3410. The first-order valence-corrected chi connectivity index (χ1v) is 1.11. The van der Waals surface area contributed by atoms with Crippen molar-refractivity contribution in [1.82, 2.24) is 0 Å². The molecular weight excluding hydrogens is 103 g/mol. The summed E-state index contributed by atoms with van der Waals surface area (Å²) < 4.78 is 0. The van der Waals surface area contributed by atoms with Crippen LogP contribution < -0.4 is 0 Å². The molecule has 0 rings (SSSR count). The van der Waals surface area contributed by atoms with E-state index in [0.717, 1.165) is 0 Å². The van der Waals surface area contributed by atoms with Gasteiger partial charge >= 0.3 is 30.5 Å². The van der Waals surface area contributed by atoms with Crippen molar-refractivity contribution in [3.63, 3.8) is 0 Å². The Morgan fingerprint density at radius 2 is 2.00 bits per heavy atom. The second kappa shape index (κ2) is 1.31. The topological polar surface area (TPSA) is 37.3 Å². The van der Waals surface area contributed by atoms with Crippen LogP contribution >= 0.6 is 0 Å². The van der Waals surface area contributed by atoms with E-state index in [4.69, 9.17) is 9.90 Å². The molecular formula is CHCoO2. The monoisotopic (exact) mass is 104 g/mol. The maximum atomic E-state index is 8.86. The average Bonchev–Trinajstić information content (AvgIpc) is 0.811. The number of carbonyl (C=O) groups is 1. The van der Waals surface area contributed by atoms with Gasteiger partial charge in [0.15, 0.2) is 0 Å². The number of hydrogen-bond donors (Lipinski definition) is 1. The van der Waals surface area contributed by atoms with Crippen molar-refractivity contribution in [2.75, 3.05) is 0 Å². The van der Waals surface area contributed by atoms with Crippen LogP contribution in [0, 0.1) is 0 Å². The fourth-order valence-electron chi connectivity index (χ4n) is 0. The third-order valence-electron chi connectivity index (χ3n) is 0. The maximum absolute atomic E-state index is 8.86. The molecule has 0 aromatic rings. The van der Waals surface area contributed by atoms with E-state index >= 15 is 0 Å². The van der Waals surface area contributed by atoms with Crippen LogP contribution in [0.2, 0.25) is 0 Å². The SMILES string of the molecule is O=[C](O)[Co]. The van der Waals surface area contributed by atoms with Crippen molar-refractivity contribution in [1.29, 1.82) is 0 Å². The molecule has 2 nitrogen and oxygen atoms in total. The van der Waals surface area contributed by atoms with Crippen LogP contribution in [0.5, 0.6) is 0 Å². The van der Waals surface area contributed by atoms with Crippen molar-refractivity contribution in [3.8, 4) is 0 Å². The first kappa shape index (κ1) is 3.98. The molecule has 0 heterocycles. The molecule has 0 radical (unpaired) electrons. The normalized spacial score (nSPS) is 6.50. The van der Waals surface area contributed by atoms with Gasteiger partial charge in [0, 0.05) is 0 Å². The first-order chi connectivity index (χ1) is 1.73. The van der Waals surface area contributed by atoms with Crippen LogP contribution in [-0.4, -0.2) is 10.0 Å². The van der Waals surface area contributed by atoms with Gasteiger partial charge in [-0.3, -0.25) is 0 Å². The third-order valence-corrected chi connectivity index (χ3v) is 0. The molecule has 0 amide bonds. The van der Waals surface area contributed by atoms with Gasteiger partial charge in [0.1, 0.15) is 0 Å². The van der Waals surface area contributed by atoms with E-state index in [1.165, 1.54) is 0 Å². The van der Waals surface area contributed by atoms with Gasteiger partial charge in [-0.1, -0.05) is 0 Å². The molecule has 0 unspecified atom stereocenters. The molecule has 0 aliphatic carbocycles. The molecule has 4 heavy (non-hydrogen) atoms. The Labute approximate surface area is 31.4 Å². The molecule has 0 fully saturated rings. The Hall–Kier alpha value is -0.0235. The fourth-order valence-corrected chi connectivity index (χ4v) is 0. The van der Waals surface area contributed by atoms with Crippen LogP contribution in [0.3, 0.4) is 0 Å². The van der Waals surface area contributed by atoms with Crippen LogP contribution in [0.15, 0.2) is 0 Å². The van der Waals surface area contributed by atoms with Crippen LogP contribution in [0.4, 0.5) is 4.79 Å². The molecule has 0 aliphatic rings. The Balaban J connectivity index is 2.80. The van der Waals surface area contributed by atoms with Gasteiger partial charge in [-0.2, -0.15) is 0 Å². The molecule has 0 aromatic carbocycles. The first-order valence-electron chi connectivity index (χ1n) is 0.594. The Bertz CT molecular complexity index is 29.0. The quantitative estimate of drug-likeness (QED) is 0.477. The molecule has 0 saturated heterocycles. The minimum atomic E-state index is -1.15. The van der Waals surface area contributed by atoms with E-state index in [0.29, 0.717) is 0 Å². The standard InChI is InChI=1S/CHO2.Co/c2-1-3;/h(H,2,3);. The summed E-state index contributed by atoms with van der Waals surface area (Å²) in [6.07, 6.45) is 0. The molecule has 0 aromatic heterocycles. The zero-order valence-corrected chi connectivity index (χ0v) is 2.73.